The number of ether oxygens (including phenoxy) is 2. The Bertz CT molecular complexity index is 358. The first-order valence-electron chi connectivity index (χ1n) is 6.40. The number of hydrogen-bond acceptors (Lipinski definition) is 4. The molecule has 0 amide bonds. The lowest BCUT2D eigenvalue weighted by atomic mass is 10.2. The van der Waals surface area contributed by atoms with Crippen LogP contribution in [0, 0.1) is 6.92 Å². The summed E-state index contributed by atoms with van der Waals surface area (Å²) >= 11 is 0. The molecule has 1 aromatic carbocycles. The van der Waals surface area contributed by atoms with Crippen molar-refractivity contribution in [2.24, 2.45) is 0 Å². The van der Waals surface area contributed by atoms with Gasteiger partial charge < -0.3 is 14.6 Å². The maximum Gasteiger partial charge on any atom is 0.178 e. The number of hydrogen-bond donors (Lipinski definition) is 1. The number of benzene rings is 1. The van der Waals surface area contributed by atoms with E-state index in [9.17, 15) is 5.11 Å². The van der Waals surface area contributed by atoms with Gasteiger partial charge in [-0.3, -0.25) is 4.90 Å². The summed E-state index contributed by atoms with van der Waals surface area (Å²) < 4.78 is 11.2. The third-order valence-corrected chi connectivity index (χ3v) is 3.10. The van der Waals surface area contributed by atoms with Crippen LogP contribution in [0.2, 0.25) is 0 Å². The van der Waals surface area contributed by atoms with E-state index in [1.165, 1.54) is 5.56 Å². The van der Waals surface area contributed by atoms with Gasteiger partial charge in [0.2, 0.25) is 0 Å². The van der Waals surface area contributed by atoms with E-state index < -0.39 is 6.10 Å². The maximum atomic E-state index is 9.87. The maximum absolute atomic E-state index is 9.87. The van der Waals surface area contributed by atoms with E-state index in [0.717, 1.165) is 18.8 Å². The minimum atomic E-state index is -0.538. The van der Waals surface area contributed by atoms with Gasteiger partial charge in [0.15, 0.2) is 6.23 Å². The number of aliphatic hydroxyl groups is 1. The van der Waals surface area contributed by atoms with Gasteiger partial charge in [-0.2, -0.15) is 0 Å². The molecular formula is C14H21NO3. The van der Waals surface area contributed by atoms with E-state index in [2.05, 4.69) is 4.90 Å². The molecule has 1 aliphatic heterocycles. The summed E-state index contributed by atoms with van der Waals surface area (Å²) in [4.78, 5) is 2.12. The molecule has 0 aromatic heterocycles. The zero-order chi connectivity index (χ0) is 13.0. The molecule has 0 saturated carbocycles. The highest BCUT2D eigenvalue weighted by Crippen LogP contribution is 2.17. The van der Waals surface area contributed by atoms with Crippen LogP contribution in [-0.4, -0.2) is 48.6 Å². The van der Waals surface area contributed by atoms with Gasteiger partial charge in [0.25, 0.3) is 0 Å². The van der Waals surface area contributed by atoms with Gasteiger partial charge in [-0.1, -0.05) is 17.7 Å². The van der Waals surface area contributed by atoms with E-state index in [-0.39, 0.29) is 6.23 Å². The highest BCUT2D eigenvalue weighted by Gasteiger charge is 2.26. The molecule has 4 nitrogen and oxygen atoms in total. The summed E-state index contributed by atoms with van der Waals surface area (Å²) in [5.74, 6) is 0.790. The van der Waals surface area contributed by atoms with Crippen LogP contribution in [0.15, 0.2) is 24.3 Å². The Morgan fingerprint density at radius 2 is 1.83 bits per heavy atom. The van der Waals surface area contributed by atoms with E-state index in [1.807, 2.05) is 31.2 Å². The lowest BCUT2D eigenvalue weighted by molar-refractivity contribution is -0.0941. The lowest BCUT2D eigenvalue weighted by Crippen LogP contribution is -2.51. The highest BCUT2D eigenvalue weighted by atomic mass is 16.5. The zero-order valence-electron chi connectivity index (χ0n) is 11.0. The van der Waals surface area contributed by atoms with Gasteiger partial charge in [0.05, 0.1) is 13.2 Å². The molecule has 4 heteroatoms. The first kappa shape index (κ1) is 13.3. The van der Waals surface area contributed by atoms with Crippen molar-refractivity contribution in [3.8, 4) is 5.75 Å². The van der Waals surface area contributed by atoms with Crippen LogP contribution in [-0.2, 0) is 4.74 Å². The van der Waals surface area contributed by atoms with Crippen molar-refractivity contribution in [2.45, 2.75) is 26.2 Å². The van der Waals surface area contributed by atoms with Crippen molar-refractivity contribution in [2.75, 3.05) is 26.3 Å². The molecule has 0 aliphatic carbocycles. The van der Waals surface area contributed by atoms with E-state index in [1.54, 1.807) is 6.92 Å². The van der Waals surface area contributed by atoms with Gasteiger partial charge in [0.1, 0.15) is 11.9 Å². The molecule has 0 spiro atoms. The minimum absolute atomic E-state index is 0.309. The van der Waals surface area contributed by atoms with Crippen LogP contribution < -0.4 is 4.74 Å². The highest BCUT2D eigenvalue weighted by molar-refractivity contribution is 5.26. The molecule has 2 atom stereocenters. The topological polar surface area (TPSA) is 41.9 Å². The fraction of sp³-hybridized carbons (Fsp3) is 0.571. The Labute approximate surface area is 108 Å². The van der Waals surface area contributed by atoms with Crippen LogP contribution in [0.4, 0.5) is 0 Å². The molecule has 1 aromatic rings. The van der Waals surface area contributed by atoms with Gasteiger partial charge >= 0.3 is 0 Å². The third-order valence-electron chi connectivity index (χ3n) is 3.10. The summed E-state index contributed by atoms with van der Waals surface area (Å²) in [7, 11) is 0. The van der Waals surface area contributed by atoms with Crippen molar-refractivity contribution >= 4 is 0 Å². The SMILES string of the molecule is Cc1ccc(OC(C(C)O)N2CCOCC2)cc1. The van der Waals surface area contributed by atoms with Crippen LogP contribution in [0.5, 0.6) is 5.75 Å². The Balaban J connectivity index is 2.03. The summed E-state index contributed by atoms with van der Waals surface area (Å²) in [6.45, 7) is 6.77. The smallest absolute Gasteiger partial charge is 0.178 e. The molecule has 18 heavy (non-hydrogen) atoms. The van der Waals surface area contributed by atoms with Crippen molar-refractivity contribution in [1.29, 1.82) is 0 Å². The summed E-state index contributed by atoms with van der Waals surface area (Å²) in [5, 5.41) is 9.87. The fourth-order valence-corrected chi connectivity index (χ4v) is 2.07. The second-order valence-electron chi connectivity index (χ2n) is 4.71. The van der Waals surface area contributed by atoms with Gasteiger partial charge in [0, 0.05) is 13.1 Å². The summed E-state index contributed by atoms with van der Waals surface area (Å²) in [5.41, 5.74) is 1.20. The van der Waals surface area contributed by atoms with Crippen LogP contribution in [0.25, 0.3) is 0 Å². The van der Waals surface area contributed by atoms with E-state index in [4.69, 9.17) is 9.47 Å². The van der Waals surface area contributed by atoms with Gasteiger partial charge in [-0.25, -0.2) is 0 Å². The average Bonchev–Trinajstić information content (AvgIpc) is 2.38. The third kappa shape index (κ3) is 3.45. The quantitative estimate of drug-likeness (QED) is 0.878. The van der Waals surface area contributed by atoms with Crippen LogP contribution in [0.3, 0.4) is 0 Å². The monoisotopic (exact) mass is 251 g/mol. The predicted octanol–water partition coefficient (Wildman–Crippen LogP) is 1.41. The number of rotatable bonds is 4. The molecular weight excluding hydrogens is 230 g/mol. The molecule has 0 bridgehead atoms. The van der Waals surface area contributed by atoms with E-state index >= 15 is 0 Å². The van der Waals surface area contributed by atoms with Crippen molar-refractivity contribution in [1.82, 2.24) is 4.90 Å². The summed E-state index contributed by atoms with van der Waals surface area (Å²) in [6, 6.07) is 7.89. The normalized spacial score (nSPS) is 20.4. The molecule has 1 aliphatic rings. The second-order valence-corrected chi connectivity index (χ2v) is 4.71. The van der Waals surface area contributed by atoms with Gasteiger partial charge in [-0.05, 0) is 26.0 Å². The fourth-order valence-electron chi connectivity index (χ4n) is 2.07. The minimum Gasteiger partial charge on any atom is -0.472 e. The Kier molecular flexibility index (Phi) is 4.58. The Morgan fingerprint density at radius 1 is 1.22 bits per heavy atom. The van der Waals surface area contributed by atoms with Crippen molar-refractivity contribution in [3.63, 3.8) is 0 Å². The Hall–Kier alpha value is -1.10. The lowest BCUT2D eigenvalue weighted by Gasteiger charge is -2.35. The standard InChI is InChI=1S/C14H21NO3/c1-11-3-5-13(6-4-11)18-14(12(2)16)15-7-9-17-10-8-15/h3-6,12,14,16H,7-10H2,1-2H3. The predicted molar refractivity (Wildman–Crippen MR) is 69.7 cm³/mol. The number of morpholine rings is 1. The Morgan fingerprint density at radius 3 is 2.39 bits per heavy atom. The molecule has 1 saturated heterocycles. The second kappa shape index (κ2) is 6.18. The van der Waals surface area contributed by atoms with Crippen molar-refractivity contribution in [3.05, 3.63) is 29.8 Å². The zero-order valence-corrected chi connectivity index (χ0v) is 11.0. The first-order valence-corrected chi connectivity index (χ1v) is 6.40. The molecule has 1 N–H and O–H groups in total. The molecule has 1 fully saturated rings. The number of nitrogens with zero attached hydrogens (tertiary/aromatic N) is 1. The molecule has 100 valence electrons. The molecule has 2 rings (SSSR count). The van der Waals surface area contributed by atoms with Crippen LogP contribution >= 0.6 is 0 Å². The largest absolute Gasteiger partial charge is 0.472 e. The van der Waals surface area contributed by atoms with Gasteiger partial charge in [-0.15, -0.1) is 0 Å². The van der Waals surface area contributed by atoms with Crippen molar-refractivity contribution < 1.29 is 14.6 Å². The van der Waals surface area contributed by atoms with Crippen LogP contribution in [0.1, 0.15) is 12.5 Å². The first-order chi connectivity index (χ1) is 8.66. The van der Waals surface area contributed by atoms with E-state index in [0.29, 0.717) is 13.2 Å². The molecule has 2 unspecified atom stereocenters. The number of aryl methyl sites for hydroxylation is 1. The average molecular weight is 251 g/mol. The molecule has 0 radical (unpaired) electrons. The number of aliphatic hydroxyl groups excluding tert-OH is 1. The molecule has 1 heterocycles. The summed E-state index contributed by atoms with van der Waals surface area (Å²) in [6.07, 6.45) is -0.846.